The molecule has 0 unspecified atom stereocenters. The summed E-state index contributed by atoms with van der Waals surface area (Å²) in [7, 11) is 1.91. The lowest BCUT2D eigenvalue weighted by Crippen LogP contribution is -2.49. The van der Waals surface area contributed by atoms with Gasteiger partial charge in [0.2, 0.25) is 0 Å². The molecule has 0 radical (unpaired) electrons. The van der Waals surface area contributed by atoms with Crippen molar-refractivity contribution in [3.05, 3.63) is 65.5 Å². The molecule has 1 aliphatic heterocycles. The van der Waals surface area contributed by atoms with Crippen molar-refractivity contribution in [1.29, 1.82) is 0 Å². The van der Waals surface area contributed by atoms with Crippen LogP contribution < -0.4 is 10.2 Å². The molecular formula is C20H25ClFN3O. The summed E-state index contributed by atoms with van der Waals surface area (Å²) in [5, 5.41) is 3.12. The number of para-hydroxylation sites is 1. The van der Waals surface area contributed by atoms with Gasteiger partial charge < -0.3 is 15.1 Å². The van der Waals surface area contributed by atoms with E-state index in [0.717, 1.165) is 24.1 Å². The molecule has 1 amide bonds. The minimum Gasteiger partial charge on any atom is -0.366 e. The van der Waals surface area contributed by atoms with E-state index in [0.29, 0.717) is 31.9 Å². The third-order valence-electron chi connectivity index (χ3n) is 4.65. The van der Waals surface area contributed by atoms with Gasteiger partial charge in [0, 0.05) is 31.7 Å². The summed E-state index contributed by atoms with van der Waals surface area (Å²) in [6.07, 6.45) is 0.827. The molecule has 0 atom stereocenters. The van der Waals surface area contributed by atoms with Crippen LogP contribution in [0.15, 0.2) is 48.5 Å². The number of carbonyl (C=O) groups is 1. The van der Waals surface area contributed by atoms with Gasteiger partial charge in [-0.1, -0.05) is 30.3 Å². The third kappa shape index (κ3) is 4.54. The summed E-state index contributed by atoms with van der Waals surface area (Å²) >= 11 is 0. The number of nitrogens with zero attached hydrogens (tertiary/aromatic N) is 2. The quantitative estimate of drug-likeness (QED) is 0.870. The normalized spacial score (nSPS) is 14.1. The van der Waals surface area contributed by atoms with Crippen LogP contribution in [-0.2, 0) is 6.42 Å². The first kappa shape index (κ1) is 20.2. The first-order chi connectivity index (χ1) is 12.2. The van der Waals surface area contributed by atoms with Crippen LogP contribution in [0.25, 0.3) is 0 Å². The van der Waals surface area contributed by atoms with Gasteiger partial charge in [-0.3, -0.25) is 4.79 Å². The van der Waals surface area contributed by atoms with E-state index in [1.165, 1.54) is 6.07 Å². The van der Waals surface area contributed by atoms with Crippen LogP contribution in [0.5, 0.6) is 0 Å². The molecule has 1 N–H and O–H groups in total. The lowest BCUT2D eigenvalue weighted by Gasteiger charge is -2.36. The Morgan fingerprint density at radius 1 is 1.04 bits per heavy atom. The standard InChI is InChI=1S/C20H24FN3O.ClH/c1-22-11-10-16-6-2-3-7-17(16)20(25)24-14-12-23(13-15-24)19-9-5-4-8-18(19)21;/h2-9,22H,10-15H2,1H3;1H. The van der Waals surface area contributed by atoms with Gasteiger partial charge in [-0.05, 0) is 43.8 Å². The third-order valence-corrected chi connectivity index (χ3v) is 4.65. The molecule has 2 aromatic carbocycles. The van der Waals surface area contributed by atoms with Crippen molar-refractivity contribution < 1.29 is 9.18 Å². The lowest BCUT2D eigenvalue weighted by molar-refractivity contribution is 0.0745. The Labute approximate surface area is 160 Å². The van der Waals surface area contributed by atoms with Gasteiger partial charge in [0.05, 0.1) is 5.69 Å². The highest BCUT2D eigenvalue weighted by Crippen LogP contribution is 2.21. The number of rotatable bonds is 5. The summed E-state index contributed by atoms with van der Waals surface area (Å²) < 4.78 is 13.9. The van der Waals surface area contributed by atoms with Gasteiger partial charge in [-0.15, -0.1) is 12.4 Å². The molecule has 2 aromatic rings. The van der Waals surface area contributed by atoms with E-state index in [2.05, 4.69) is 5.32 Å². The number of benzene rings is 2. The highest BCUT2D eigenvalue weighted by molar-refractivity contribution is 5.95. The van der Waals surface area contributed by atoms with Crippen molar-refractivity contribution in [2.75, 3.05) is 44.7 Å². The molecule has 0 aliphatic carbocycles. The van der Waals surface area contributed by atoms with E-state index in [9.17, 15) is 9.18 Å². The molecule has 4 nitrogen and oxygen atoms in total. The van der Waals surface area contributed by atoms with Crippen molar-refractivity contribution in [2.24, 2.45) is 0 Å². The first-order valence-electron chi connectivity index (χ1n) is 8.72. The molecule has 0 spiro atoms. The van der Waals surface area contributed by atoms with Gasteiger partial charge in [-0.25, -0.2) is 4.39 Å². The highest BCUT2D eigenvalue weighted by atomic mass is 35.5. The molecular weight excluding hydrogens is 353 g/mol. The van der Waals surface area contributed by atoms with Crippen molar-refractivity contribution in [3.63, 3.8) is 0 Å². The number of amides is 1. The Kier molecular flexibility index (Phi) is 7.42. The number of nitrogens with one attached hydrogen (secondary N) is 1. The first-order valence-corrected chi connectivity index (χ1v) is 8.72. The molecule has 1 saturated heterocycles. The van der Waals surface area contributed by atoms with E-state index in [-0.39, 0.29) is 24.1 Å². The minimum atomic E-state index is -0.209. The number of hydrogen-bond donors (Lipinski definition) is 1. The second-order valence-corrected chi connectivity index (χ2v) is 6.24. The van der Waals surface area contributed by atoms with E-state index in [4.69, 9.17) is 0 Å². The van der Waals surface area contributed by atoms with Gasteiger partial charge in [0.1, 0.15) is 5.82 Å². The lowest BCUT2D eigenvalue weighted by atomic mass is 10.0. The molecule has 1 fully saturated rings. The molecule has 26 heavy (non-hydrogen) atoms. The molecule has 1 aliphatic rings. The second kappa shape index (κ2) is 9.55. The fraction of sp³-hybridized carbons (Fsp3) is 0.350. The van der Waals surface area contributed by atoms with E-state index in [1.54, 1.807) is 12.1 Å². The SMILES string of the molecule is CNCCc1ccccc1C(=O)N1CCN(c2ccccc2F)CC1.Cl. The average molecular weight is 378 g/mol. The second-order valence-electron chi connectivity index (χ2n) is 6.24. The number of hydrogen-bond acceptors (Lipinski definition) is 3. The summed E-state index contributed by atoms with van der Waals surface area (Å²) in [6.45, 7) is 3.34. The molecule has 0 bridgehead atoms. The van der Waals surface area contributed by atoms with E-state index < -0.39 is 0 Å². The smallest absolute Gasteiger partial charge is 0.254 e. The Morgan fingerprint density at radius 3 is 2.38 bits per heavy atom. The summed E-state index contributed by atoms with van der Waals surface area (Å²) in [5.74, 6) is -0.139. The monoisotopic (exact) mass is 377 g/mol. The van der Waals surface area contributed by atoms with Crippen molar-refractivity contribution in [3.8, 4) is 0 Å². The largest absolute Gasteiger partial charge is 0.366 e. The van der Waals surface area contributed by atoms with Crippen LogP contribution in [0.4, 0.5) is 10.1 Å². The summed E-state index contributed by atoms with van der Waals surface area (Å²) in [5.41, 5.74) is 2.46. The van der Waals surface area contributed by atoms with Crippen LogP contribution in [0.3, 0.4) is 0 Å². The Morgan fingerprint density at radius 2 is 1.69 bits per heavy atom. The predicted molar refractivity (Wildman–Crippen MR) is 106 cm³/mol. The zero-order valence-corrected chi connectivity index (χ0v) is 15.8. The van der Waals surface area contributed by atoms with Crippen molar-refractivity contribution >= 4 is 24.0 Å². The van der Waals surface area contributed by atoms with Crippen LogP contribution in [-0.4, -0.2) is 50.6 Å². The van der Waals surface area contributed by atoms with Crippen molar-refractivity contribution in [1.82, 2.24) is 10.2 Å². The Balaban J connectivity index is 0.00000243. The molecule has 1 heterocycles. The number of anilines is 1. The fourth-order valence-corrected chi connectivity index (χ4v) is 3.24. The van der Waals surface area contributed by atoms with Crippen molar-refractivity contribution in [2.45, 2.75) is 6.42 Å². The van der Waals surface area contributed by atoms with E-state index >= 15 is 0 Å². The predicted octanol–water partition coefficient (Wildman–Crippen LogP) is 2.97. The van der Waals surface area contributed by atoms with Gasteiger partial charge in [0.25, 0.3) is 5.91 Å². The zero-order valence-electron chi connectivity index (χ0n) is 15.0. The number of halogens is 2. The fourth-order valence-electron chi connectivity index (χ4n) is 3.24. The number of likely N-dealkylation sites (N-methyl/N-ethyl adjacent to an activating group) is 1. The Hall–Kier alpha value is -2.11. The van der Waals surface area contributed by atoms with E-state index in [1.807, 2.05) is 47.2 Å². The topological polar surface area (TPSA) is 35.6 Å². The van der Waals surface area contributed by atoms with Crippen LogP contribution in [0.2, 0.25) is 0 Å². The minimum absolute atomic E-state index is 0. The summed E-state index contributed by atoms with van der Waals surface area (Å²) in [4.78, 5) is 16.8. The molecule has 0 saturated carbocycles. The van der Waals surface area contributed by atoms with Gasteiger partial charge in [-0.2, -0.15) is 0 Å². The van der Waals surface area contributed by atoms with Crippen LogP contribution >= 0.6 is 12.4 Å². The van der Waals surface area contributed by atoms with Gasteiger partial charge >= 0.3 is 0 Å². The summed E-state index contributed by atoms with van der Waals surface area (Å²) in [6, 6.07) is 14.6. The average Bonchev–Trinajstić information content (AvgIpc) is 2.66. The maximum atomic E-state index is 13.9. The molecule has 0 aromatic heterocycles. The maximum Gasteiger partial charge on any atom is 0.254 e. The van der Waals surface area contributed by atoms with Crippen LogP contribution in [0, 0.1) is 5.82 Å². The van der Waals surface area contributed by atoms with Crippen LogP contribution in [0.1, 0.15) is 15.9 Å². The number of piperazine rings is 1. The van der Waals surface area contributed by atoms with Gasteiger partial charge in [0.15, 0.2) is 0 Å². The molecule has 140 valence electrons. The Bertz CT molecular complexity index is 733. The molecule has 6 heteroatoms. The zero-order chi connectivity index (χ0) is 17.6. The maximum absolute atomic E-state index is 13.9. The highest BCUT2D eigenvalue weighted by Gasteiger charge is 2.24. The molecule has 3 rings (SSSR count). The number of carbonyl (C=O) groups excluding carboxylic acids is 1.